The molecule has 1 aromatic rings. The zero-order valence-electron chi connectivity index (χ0n) is 11.0. The fraction of sp³-hybridized carbons (Fsp3) is 0.600. The average Bonchev–Trinajstić information content (AvgIpc) is 3.24. The number of hydrogen-bond acceptors (Lipinski definition) is 3. The maximum Gasteiger partial charge on any atom is 0.124 e. The van der Waals surface area contributed by atoms with Crippen molar-refractivity contribution in [2.45, 2.75) is 44.4 Å². The Balaban J connectivity index is 1.66. The Morgan fingerprint density at radius 3 is 2.74 bits per heavy atom. The average molecular weight is 282 g/mol. The molecule has 0 atom stereocenters. The van der Waals surface area contributed by atoms with Gasteiger partial charge >= 0.3 is 0 Å². The second-order valence-corrected chi connectivity index (χ2v) is 5.77. The maximum atomic E-state index is 6.12. The van der Waals surface area contributed by atoms with Gasteiger partial charge in [0.2, 0.25) is 0 Å². The third kappa shape index (κ3) is 3.85. The van der Waals surface area contributed by atoms with Crippen LogP contribution in [0.2, 0.25) is 5.02 Å². The van der Waals surface area contributed by atoms with Crippen LogP contribution in [-0.4, -0.2) is 25.4 Å². The van der Waals surface area contributed by atoms with Gasteiger partial charge in [0.1, 0.15) is 11.9 Å². The van der Waals surface area contributed by atoms with E-state index in [2.05, 4.69) is 5.32 Å². The molecule has 19 heavy (non-hydrogen) atoms. The van der Waals surface area contributed by atoms with E-state index < -0.39 is 0 Å². The lowest BCUT2D eigenvalue weighted by Crippen LogP contribution is -2.26. The molecule has 104 valence electrons. The van der Waals surface area contributed by atoms with Crippen LogP contribution in [0, 0.1) is 0 Å². The van der Waals surface area contributed by atoms with E-state index in [4.69, 9.17) is 21.1 Å². The number of ether oxygens (including phenoxy) is 2. The van der Waals surface area contributed by atoms with Gasteiger partial charge in [0.25, 0.3) is 0 Å². The van der Waals surface area contributed by atoms with Crippen LogP contribution in [-0.2, 0) is 11.3 Å². The minimum Gasteiger partial charge on any atom is -0.490 e. The Bertz CT molecular complexity index is 428. The van der Waals surface area contributed by atoms with E-state index in [-0.39, 0.29) is 6.10 Å². The van der Waals surface area contributed by atoms with E-state index in [0.29, 0.717) is 6.04 Å². The van der Waals surface area contributed by atoms with Crippen molar-refractivity contribution in [3.8, 4) is 5.75 Å². The smallest absolute Gasteiger partial charge is 0.124 e. The molecule has 3 rings (SSSR count). The molecule has 4 heteroatoms. The minimum absolute atomic E-state index is 0.273. The SMILES string of the molecule is Clc1ccc(OC2CCOCC2)c(CNC2CC2)c1. The van der Waals surface area contributed by atoms with Crippen LogP contribution in [0.4, 0.5) is 0 Å². The van der Waals surface area contributed by atoms with Gasteiger partial charge in [0.15, 0.2) is 0 Å². The summed E-state index contributed by atoms with van der Waals surface area (Å²) < 4.78 is 11.5. The molecular formula is C15H20ClNO2. The Labute approximate surface area is 119 Å². The predicted molar refractivity (Wildman–Crippen MR) is 75.8 cm³/mol. The first-order chi connectivity index (χ1) is 9.31. The molecule has 0 unspecified atom stereocenters. The van der Waals surface area contributed by atoms with Crippen LogP contribution >= 0.6 is 11.6 Å². The monoisotopic (exact) mass is 281 g/mol. The third-order valence-corrected chi connectivity index (χ3v) is 3.88. The summed E-state index contributed by atoms with van der Waals surface area (Å²) in [5, 5.41) is 4.28. The van der Waals surface area contributed by atoms with Gasteiger partial charge in [-0.1, -0.05) is 11.6 Å². The zero-order valence-corrected chi connectivity index (χ0v) is 11.8. The molecule has 0 amide bonds. The van der Waals surface area contributed by atoms with Crippen molar-refractivity contribution in [2.75, 3.05) is 13.2 Å². The van der Waals surface area contributed by atoms with Crippen molar-refractivity contribution < 1.29 is 9.47 Å². The summed E-state index contributed by atoms with van der Waals surface area (Å²) in [5.41, 5.74) is 1.16. The normalized spacial score (nSPS) is 20.5. The molecule has 2 aliphatic rings. The number of halogens is 1. The summed E-state index contributed by atoms with van der Waals surface area (Å²) in [5.74, 6) is 0.962. The molecule has 1 aliphatic carbocycles. The maximum absolute atomic E-state index is 6.12. The van der Waals surface area contributed by atoms with Crippen LogP contribution in [0.5, 0.6) is 5.75 Å². The molecule has 1 saturated heterocycles. The van der Waals surface area contributed by atoms with Gasteiger partial charge in [-0.3, -0.25) is 0 Å². The summed E-state index contributed by atoms with van der Waals surface area (Å²) >= 11 is 6.09. The first kappa shape index (κ1) is 13.2. The number of hydrogen-bond donors (Lipinski definition) is 1. The molecule has 0 aromatic heterocycles. The van der Waals surface area contributed by atoms with Crippen molar-refractivity contribution >= 4 is 11.6 Å². The minimum atomic E-state index is 0.273. The van der Waals surface area contributed by atoms with Crippen LogP contribution < -0.4 is 10.1 Å². The van der Waals surface area contributed by atoms with E-state index >= 15 is 0 Å². The number of rotatable bonds is 5. The van der Waals surface area contributed by atoms with Crippen molar-refractivity contribution in [3.63, 3.8) is 0 Å². The number of benzene rings is 1. The molecule has 1 saturated carbocycles. The molecule has 0 radical (unpaired) electrons. The fourth-order valence-electron chi connectivity index (χ4n) is 2.32. The first-order valence-electron chi connectivity index (χ1n) is 7.07. The van der Waals surface area contributed by atoms with Crippen molar-refractivity contribution in [3.05, 3.63) is 28.8 Å². The molecule has 1 aliphatic heterocycles. The summed E-state index contributed by atoms with van der Waals surface area (Å²) in [7, 11) is 0. The molecule has 1 N–H and O–H groups in total. The van der Waals surface area contributed by atoms with Crippen LogP contribution in [0.25, 0.3) is 0 Å². The Morgan fingerprint density at radius 2 is 2.00 bits per heavy atom. The summed E-state index contributed by atoms with van der Waals surface area (Å²) in [6.07, 6.45) is 4.79. The fourth-order valence-corrected chi connectivity index (χ4v) is 2.51. The van der Waals surface area contributed by atoms with Gasteiger partial charge in [0, 0.05) is 36.0 Å². The molecule has 3 nitrogen and oxygen atoms in total. The summed E-state index contributed by atoms with van der Waals surface area (Å²) in [4.78, 5) is 0. The Kier molecular flexibility index (Phi) is 4.26. The summed E-state index contributed by atoms with van der Waals surface area (Å²) in [6, 6.07) is 6.58. The molecule has 0 bridgehead atoms. The molecular weight excluding hydrogens is 262 g/mol. The standard InChI is InChI=1S/C15H20ClNO2/c16-12-1-4-15(19-14-5-7-18-8-6-14)11(9-12)10-17-13-2-3-13/h1,4,9,13-14,17H,2-3,5-8,10H2. The highest BCUT2D eigenvalue weighted by Crippen LogP contribution is 2.27. The quantitative estimate of drug-likeness (QED) is 0.899. The Morgan fingerprint density at radius 1 is 1.21 bits per heavy atom. The number of nitrogens with one attached hydrogen (secondary N) is 1. The van der Waals surface area contributed by atoms with E-state index in [1.807, 2.05) is 18.2 Å². The predicted octanol–water partition coefficient (Wildman–Crippen LogP) is 3.15. The Hall–Kier alpha value is -0.770. The van der Waals surface area contributed by atoms with Crippen molar-refractivity contribution in [1.29, 1.82) is 0 Å². The largest absolute Gasteiger partial charge is 0.490 e. The second kappa shape index (κ2) is 6.12. The van der Waals surface area contributed by atoms with Crippen LogP contribution in [0.15, 0.2) is 18.2 Å². The van der Waals surface area contributed by atoms with Crippen LogP contribution in [0.1, 0.15) is 31.2 Å². The molecule has 1 heterocycles. The van der Waals surface area contributed by atoms with Gasteiger partial charge in [-0.05, 0) is 31.0 Å². The topological polar surface area (TPSA) is 30.5 Å². The van der Waals surface area contributed by atoms with Gasteiger partial charge < -0.3 is 14.8 Å². The van der Waals surface area contributed by atoms with Gasteiger partial charge in [-0.15, -0.1) is 0 Å². The molecule has 0 spiro atoms. The van der Waals surface area contributed by atoms with Crippen molar-refractivity contribution in [2.24, 2.45) is 0 Å². The highest BCUT2D eigenvalue weighted by molar-refractivity contribution is 6.30. The van der Waals surface area contributed by atoms with E-state index in [9.17, 15) is 0 Å². The molecule has 2 fully saturated rings. The lowest BCUT2D eigenvalue weighted by Gasteiger charge is -2.24. The van der Waals surface area contributed by atoms with Gasteiger partial charge in [-0.2, -0.15) is 0 Å². The third-order valence-electron chi connectivity index (χ3n) is 3.64. The van der Waals surface area contributed by atoms with Gasteiger partial charge in [-0.25, -0.2) is 0 Å². The molecule has 1 aromatic carbocycles. The van der Waals surface area contributed by atoms with E-state index in [1.165, 1.54) is 12.8 Å². The zero-order chi connectivity index (χ0) is 13.1. The first-order valence-corrected chi connectivity index (χ1v) is 7.45. The van der Waals surface area contributed by atoms with Crippen LogP contribution in [0.3, 0.4) is 0 Å². The highest BCUT2D eigenvalue weighted by Gasteiger charge is 2.21. The lowest BCUT2D eigenvalue weighted by atomic mass is 10.1. The van der Waals surface area contributed by atoms with E-state index in [0.717, 1.165) is 48.9 Å². The lowest BCUT2D eigenvalue weighted by molar-refractivity contribution is 0.0251. The van der Waals surface area contributed by atoms with Gasteiger partial charge in [0.05, 0.1) is 13.2 Å². The second-order valence-electron chi connectivity index (χ2n) is 5.34. The summed E-state index contributed by atoms with van der Waals surface area (Å²) in [6.45, 7) is 2.44. The highest BCUT2D eigenvalue weighted by atomic mass is 35.5. The van der Waals surface area contributed by atoms with E-state index in [1.54, 1.807) is 0 Å². The van der Waals surface area contributed by atoms with Crippen molar-refractivity contribution in [1.82, 2.24) is 5.32 Å².